The molecule has 0 saturated carbocycles. The average Bonchev–Trinajstić information content (AvgIpc) is 3.63. The Morgan fingerprint density at radius 3 is 2.09 bits per heavy atom. The highest BCUT2D eigenvalue weighted by Crippen LogP contribution is 2.29. The Balaban J connectivity index is 1.81. The number of hydrogen-bond donors (Lipinski definition) is 8. The highest BCUT2D eigenvalue weighted by Gasteiger charge is 2.40. The number of ether oxygens (including phenoxy) is 3. The molecular weight excluding hydrogens is 845 g/mol. The van der Waals surface area contributed by atoms with Crippen molar-refractivity contribution in [2.45, 2.75) is 122 Å². The van der Waals surface area contributed by atoms with Crippen LogP contribution in [0.15, 0.2) is 48.7 Å². The second kappa shape index (κ2) is 24.9. The van der Waals surface area contributed by atoms with E-state index in [1.807, 2.05) is 31.3 Å². The third kappa shape index (κ3) is 17.7. The lowest BCUT2D eigenvalue weighted by Crippen LogP contribution is -2.62. The van der Waals surface area contributed by atoms with Crippen molar-refractivity contribution in [1.82, 2.24) is 36.9 Å². The fraction of sp³-hybridized carbons (Fsp3) is 0.533. The van der Waals surface area contributed by atoms with Crippen LogP contribution < -0.4 is 42.4 Å². The minimum absolute atomic E-state index is 0.0138. The molecule has 0 aliphatic carbocycles. The third-order valence-electron chi connectivity index (χ3n) is 9.93. The Morgan fingerprint density at radius 1 is 0.781 bits per heavy atom. The van der Waals surface area contributed by atoms with Gasteiger partial charge in [-0.05, 0) is 96.0 Å². The van der Waals surface area contributed by atoms with Crippen LogP contribution in [0, 0.1) is 6.92 Å². The zero-order chi connectivity index (χ0) is 47.6. The van der Waals surface area contributed by atoms with Crippen molar-refractivity contribution in [3.63, 3.8) is 0 Å². The Labute approximate surface area is 379 Å². The second-order valence-corrected chi connectivity index (χ2v) is 18.6. The number of unbranched alkanes of at least 4 members (excludes halogenated alkanes) is 1. The molecule has 1 aromatic heterocycles. The van der Waals surface area contributed by atoms with E-state index in [2.05, 4.69) is 36.9 Å². The number of benzene rings is 2. The number of aromatic amines is 1. The summed E-state index contributed by atoms with van der Waals surface area (Å²) in [6, 6.07) is 7.97. The molecule has 0 saturated heterocycles. The Hall–Kier alpha value is -5.82. The zero-order valence-corrected chi connectivity index (χ0v) is 39.2. The fourth-order valence-corrected chi connectivity index (χ4v) is 7.52. The van der Waals surface area contributed by atoms with Gasteiger partial charge >= 0.3 is 12.1 Å². The van der Waals surface area contributed by atoms with Crippen molar-refractivity contribution in [2.75, 3.05) is 32.7 Å². The lowest BCUT2D eigenvalue weighted by atomic mass is 9.99. The molecule has 0 aliphatic rings. The first kappa shape index (κ1) is 52.5. The number of carbonyl (C=O) groups is 7. The molecular formula is C45H66N8O10S. The molecule has 4 atom stereocenters. The maximum absolute atomic E-state index is 14.3. The Morgan fingerprint density at radius 2 is 1.45 bits per heavy atom. The van der Waals surface area contributed by atoms with Gasteiger partial charge in [-0.15, -0.1) is 11.8 Å². The fourth-order valence-electron chi connectivity index (χ4n) is 6.54. The van der Waals surface area contributed by atoms with Gasteiger partial charge in [0.15, 0.2) is 0 Å². The van der Waals surface area contributed by atoms with E-state index in [9.17, 15) is 33.6 Å². The molecule has 0 fully saturated rings. The third-order valence-corrected chi connectivity index (χ3v) is 11.2. The molecule has 18 nitrogen and oxygen atoms in total. The van der Waals surface area contributed by atoms with E-state index in [-0.39, 0.29) is 50.1 Å². The van der Waals surface area contributed by atoms with Crippen molar-refractivity contribution < 1.29 is 47.8 Å². The number of nitrogens with two attached hydrogens (primary N) is 1. The number of hydrogen-bond acceptors (Lipinski definition) is 12. The number of H-pyrrole nitrogens is 1. The van der Waals surface area contributed by atoms with E-state index in [0.717, 1.165) is 22.0 Å². The van der Waals surface area contributed by atoms with Crippen LogP contribution in [0.1, 0.15) is 84.4 Å². The summed E-state index contributed by atoms with van der Waals surface area (Å²) >= 11 is 1.19. The molecule has 3 aromatic rings. The molecule has 6 amide bonds. The normalized spacial score (nSPS) is 13.3. The van der Waals surface area contributed by atoms with Gasteiger partial charge < -0.3 is 56.8 Å². The minimum atomic E-state index is -1.31. The topological polar surface area (TPSA) is 261 Å². The molecule has 9 N–H and O–H groups in total. The first-order valence-corrected chi connectivity index (χ1v) is 22.2. The second-order valence-electron chi connectivity index (χ2n) is 16.9. The van der Waals surface area contributed by atoms with E-state index in [4.69, 9.17) is 19.9 Å². The van der Waals surface area contributed by atoms with Gasteiger partial charge in [-0.2, -0.15) is 0 Å². The summed E-state index contributed by atoms with van der Waals surface area (Å²) in [4.78, 5) is 93.9. The van der Waals surface area contributed by atoms with Crippen LogP contribution in [0.2, 0.25) is 0 Å². The van der Waals surface area contributed by atoms with E-state index in [0.29, 0.717) is 30.7 Å². The molecule has 0 aliphatic heterocycles. The number of esters is 1. The predicted molar refractivity (Wildman–Crippen MR) is 245 cm³/mol. The van der Waals surface area contributed by atoms with Crippen molar-refractivity contribution in [1.29, 1.82) is 0 Å². The molecule has 2 aromatic carbocycles. The number of rotatable bonds is 24. The minimum Gasteiger partial charge on any atom is -0.492 e. The number of thioether (sulfide) groups is 1. The van der Waals surface area contributed by atoms with Crippen LogP contribution >= 0.6 is 11.8 Å². The number of carbonyl (C=O) groups excluding carboxylic acids is 7. The van der Waals surface area contributed by atoms with Gasteiger partial charge in [0.05, 0.1) is 25.6 Å². The van der Waals surface area contributed by atoms with Crippen molar-refractivity contribution >= 4 is 64.3 Å². The summed E-state index contributed by atoms with van der Waals surface area (Å²) in [7, 11) is 1.19. The monoisotopic (exact) mass is 910 g/mol. The molecule has 0 radical (unpaired) electrons. The number of para-hydroxylation sites is 1. The number of nitrogens with one attached hydrogen (secondary N) is 7. The van der Waals surface area contributed by atoms with E-state index >= 15 is 0 Å². The Bertz CT molecular complexity index is 2070. The van der Waals surface area contributed by atoms with Crippen LogP contribution in [0.5, 0.6) is 5.75 Å². The molecule has 1 heterocycles. The van der Waals surface area contributed by atoms with E-state index < -0.39 is 64.3 Å². The van der Waals surface area contributed by atoms with Crippen LogP contribution in [-0.4, -0.2) is 114 Å². The van der Waals surface area contributed by atoms with E-state index in [1.165, 1.54) is 32.7 Å². The quantitative estimate of drug-likeness (QED) is 0.0367. The molecule has 0 bridgehead atoms. The summed E-state index contributed by atoms with van der Waals surface area (Å²) < 4.78 is 14.9. The van der Waals surface area contributed by atoms with Gasteiger partial charge in [0.2, 0.25) is 29.5 Å². The highest BCUT2D eigenvalue weighted by molar-refractivity contribution is 8.00. The standard InChI is InChI=1S/C45H66N8O10S/c1-27-13-12-14-33-31(25-49-37(27)33)24-34(46)39(56)51-35(15-10-11-20-47-28(2)54)40(57)53-38(45(7,8)64-26-50-29(3)55)41(58)52-36(42(59)61-9)23-30-16-18-32(19-17-30)62-22-21-48-43(60)63-44(4,5)6/h12-14,16-19,25,34-36,38,49H,10-11,15,20-24,26,46H2,1-9H3,(H,47,54)(H,48,60)(H,50,55)(H,51,56)(H,52,58)(H,53,57)/t34-,35-,36?,38+/m0/s1. The van der Waals surface area contributed by atoms with Gasteiger partial charge in [-0.25, -0.2) is 9.59 Å². The highest BCUT2D eigenvalue weighted by atomic mass is 32.2. The number of aryl methyl sites for hydroxylation is 1. The average molecular weight is 911 g/mol. The molecule has 64 heavy (non-hydrogen) atoms. The number of alkyl carbamates (subject to hydrolysis) is 1. The summed E-state index contributed by atoms with van der Waals surface area (Å²) in [5.74, 6) is -2.62. The Kier molecular flexibility index (Phi) is 20.4. The van der Waals surface area contributed by atoms with E-state index in [1.54, 1.807) is 58.9 Å². The van der Waals surface area contributed by atoms with Crippen LogP contribution in [0.25, 0.3) is 10.9 Å². The summed E-state index contributed by atoms with van der Waals surface area (Å²) in [6.45, 7) is 14.2. The van der Waals surface area contributed by atoms with Crippen molar-refractivity contribution in [2.24, 2.45) is 5.73 Å². The SMILES string of the molecule is COC(=O)C(Cc1ccc(OCCNC(=O)OC(C)(C)C)cc1)NC(=O)[C@@H](NC(=O)[C@H](CCCCNC(C)=O)NC(=O)[C@@H](N)Cc1c[nH]c2c(C)cccc12)C(C)(C)SCNC(C)=O. The van der Waals surface area contributed by atoms with Crippen LogP contribution in [-0.2, 0) is 51.1 Å². The molecule has 0 spiro atoms. The molecule has 19 heteroatoms. The van der Waals surface area contributed by atoms with Gasteiger partial charge in [-0.1, -0.05) is 30.3 Å². The van der Waals surface area contributed by atoms with Crippen molar-refractivity contribution in [3.8, 4) is 5.75 Å². The molecule has 1 unspecified atom stereocenters. The summed E-state index contributed by atoms with van der Waals surface area (Å²) in [6.07, 6.45) is 2.51. The summed E-state index contributed by atoms with van der Waals surface area (Å²) in [5.41, 5.74) is 9.26. The van der Waals surface area contributed by atoms with Gasteiger partial charge in [0.25, 0.3) is 0 Å². The number of methoxy groups -OCH3 is 1. The van der Waals surface area contributed by atoms with Gasteiger partial charge in [0, 0.05) is 48.7 Å². The van der Waals surface area contributed by atoms with Crippen LogP contribution in [0.3, 0.4) is 0 Å². The largest absolute Gasteiger partial charge is 0.492 e. The first-order chi connectivity index (χ1) is 30.1. The molecule has 3 rings (SSSR count). The number of aromatic nitrogens is 1. The van der Waals surface area contributed by atoms with Crippen LogP contribution in [0.4, 0.5) is 4.79 Å². The zero-order valence-electron chi connectivity index (χ0n) is 38.4. The smallest absolute Gasteiger partial charge is 0.407 e. The maximum atomic E-state index is 14.3. The van der Waals surface area contributed by atoms with Gasteiger partial charge in [-0.3, -0.25) is 24.0 Å². The lowest BCUT2D eigenvalue weighted by molar-refractivity contribution is -0.145. The van der Waals surface area contributed by atoms with Gasteiger partial charge in [0.1, 0.15) is 36.1 Å². The molecule has 352 valence electrons. The first-order valence-electron chi connectivity index (χ1n) is 21.2. The van der Waals surface area contributed by atoms with Crippen molar-refractivity contribution in [3.05, 3.63) is 65.4 Å². The number of fused-ring (bicyclic) bond motifs is 1. The number of amides is 6. The summed E-state index contributed by atoms with van der Waals surface area (Å²) in [5, 5.41) is 17.4. The lowest BCUT2D eigenvalue weighted by Gasteiger charge is -2.35. The predicted octanol–water partition coefficient (Wildman–Crippen LogP) is 3.03. The maximum Gasteiger partial charge on any atom is 0.407 e.